The van der Waals surface area contributed by atoms with Crippen molar-refractivity contribution in [1.29, 1.82) is 0 Å². The van der Waals surface area contributed by atoms with E-state index in [9.17, 15) is 9.90 Å². The van der Waals surface area contributed by atoms with Crippen LogP contribution in [0.2, 0.25) is 0 Å². The van der Waals surface area contributed by atoms with Crippen LogP contribution < -0.4 is 25.8 Å². The first kappa shape index (κ1) is 23.3. The van der Waals surface area contributed by atoms with Crippen LogP contribution in [-0.4, -0.2) is 44.3 Å². The highest BCUT2D eigenvalue weighted by atomic mass is 127. The molecule has 2 rings (SSSR count). The smallest absolute Gasteiger partial charge is 0.255 e. The summed E-state index contributed by atoms with van der Waals surface area (Å²) in [5.74, 6) is 1.14. The highest BCUT2D eigenvalue weighted by molar-refractivity contribution is 14.0. The van der Waals surface area contributed by atoms with Crippen molar-refractivity contribution in [2.45, 2.75) is 6.54 Å². The number of para-hydroxylation sites is 1. The predicted octanol–water partition coefficient (Wildman–Crippen LogP) is 1.86. The molecule has 0 aliphatic heterocycles. The van der Waals surface area contributed by atoms with E-state index >= 15 is 0 Å². The van der Waals surface area contributed by atoms with Gasteiger partial charge in [-0.25, -0.2) is 4.99 Å². The van der Waals surface area contributed by atoms with Gasteiger partial charge in [-0.2, -0.15) is 0 Å². The molecule has 0 spiro atoms. The van der Waals surface area contributed by atoms with Crippen molar-refractivity contribution in [3.05, 3.63) is 53.6 Å². The first-order chi connectivity index (χ1) is 13.0. The highest BCUT2D eigenvalue weighted by Gasteiger charge is 2.09. The Labute approximate surface area is 181 Å². The number of carbonyl (C=O) groups excluding carboxylic acids is 1. The van der Waals surface area contributed by atoms with Crippen molar-refractivity contribution in [3.8, 4) is 17.2 Å². The number of aromatic hydroxyl groups is 1. The zero-order chi connectivity index (χ0) is 19.6. The summed E-state index contributed by atoms with van der Waals surface area (Å²) in [4.78, 5) is 16.2. The molecule has 0 fully saturated rings. The number of phenols is 1. The van der Waals surface area contributed by atoms with Crippen molar-refractivity contribution in [1.82, 2.24) is 10.6 Å². The minimum Gasteiger partial charge on any atom is -0.507 e. The molecule has 0 aromatic heterocycles. The summed E-state index contributed by atoms with van der Waals surface area (Å²) >= 11 is 0. The largest absolute Gasteiger partial charge is 0.507 e. The number of hydrogen-bond donors (Lipinski definition) is 4. The number of ether oxygens (including phenoxy) is 2. The van der Waals surface area contributed by atoms with Gasteiger partial charge in [0.2, 0.25) is 0 Å². The number of nitrogens with one attached hydrogen (secondary N) is 2. The number of amides is 1. The van der Waals surface area contributed by atoms with E-state index < -0.39 is 0 Å². The van der Waals surface area contributed by atoms with Crippen LogP contribution in [0.3, 0.4) is 0 Å². The summed E-state index contributed by atoms with van der Waals surface area (Å²) in [6.45, 7) is 1.11. The molecule has 28 heavy (non-hydrogen) atoms. The SMILES string of the molecule is COc1ccc(CN=C(N)NCCNC(=O)c2ccccc2O)cc1OC.I. The average Bonchev–Trinajstić information content (AvgIpc) is 2.69. The Morgan fingerprint density at radius 3 is 2.43 bits per heavy atom. The van der Waals surface area contributed by atoms with Crippen LogP contribution in [0.15, 0.2) is 47.5 Å². The normalized spacial score (nSPS) is 10.6. The number of phenolic OH excluding ortho intramolecular Hbond substituents is 1. The van der Waals surface area contributed by atoms with Crippen LogP contribution >= 0.6 is 24.0 Å². The molecule has 0 heterocycles. The van der Waals surface area contributed by atoms with E-state index in [0.29, 0.717) is 31.1 Å². The van der Waals surface area contributed by atoms with Gasteiger partial charge in [0, 0.05) is 13.1 Å². The van der Waals surface area contributed by atoms with Crippen molar-refractivity contribution < 1.29 is 19.4 Å². The quantitative estimate of drug-likeness (QED) is 0.190. The van der Waals surface area contributed by atoms with Gasteiger partial charge >= 0.3 is 0 Å². The second-order valence-corrected chi connectivity index (χ2v) is 5.59. The number of aliphatic imine (C=N–C) groups is 1. The van der Waals surface area contributed by atoms with Gasteiger partial charge in [-0.05, 0) is 29.8 Å². The summed E-state index contributed by atoms with van der Waals surface area (Å²) in [6.07, 6.45) is 0. The Morgan fingerprint density at radius 1 is 1.07 bits per heavy atom. The number of guanidine groups is 1. The van der Waals surface area contributed by atoms with E-state index in [1.54, 1.807) is 32.4 Å². The Morgan fingerprint density at radius 2 is 1.75 bits per heavy atom. The van der Waals surface area contributed by atoms with Crippen molar-refractivity contribution in [2.75, 3.05) is 27.3 Å². The van der Waals surface area contributed by atoms with E-state index in [4.69, 9.17) is 15.2 Å². The summed E-state index contributed by atoms with van der Waals surface area (Å²) in [7, 11) is 3.15. The zero-order valence-electron chi connectivity index (χ0n) is 15.8. The molecule has 0 aliphatic rings. The van der Waals surface area contributed by atoms with E-state index in [1.165, 1.54) is 6.07 Å². The molecule has 0 aliphatic carbocycles. The topological polar surface area (TPSA) is 118 Å². The molecular weight excluding hydrogens is 475 g/mol. The molecule has 1 amide bonds. The van der Waals surface area contributed by atoms with Gasteiger partial charge in [0.1, 0.15) is 5.75 Å². The van der Waals surface area contributed by atoms with Gasteiger partial charge in [0.05, 0.1) is 26.3 Å². The minimum absolute atomic E-state index is 0. The van der Waals surface area contributed by atoms with Gasteiger partial charge in [-0.15, -0.1) is 24.0 Å². The average molecular weight is 500 g/mol. The molecule has 0 atom stereocenters. The zero-order valence-corrected chi connectivity index (χ0v) is 18.1. The molecule has 2 aromatic rings. The van der Waals surface area contributed by atoms with Gasteiger partial charge in [0.15, 0.2) is 17.5 Å². The van der Waals surface area contributed by atoms with Crippen LogP contribution in [0.5, 0.6) is 17.2 Å². The summed E-state index contributed by atoms with van der Waals surface area (Å²) < 4.78 is 10.4. The van der Waals surface area contributed by atoms with Crippen LogP contribution in [-0.2, 0) is 6.54 Å². The fourth-order valence-corrected chi connectivity index (χ4v) is 2.34. The third kappa shape index (κ3) is 6.80. The van der Waals surface area contributed by atoms with Crippen LogP contribution in [0.25, 0.3) is 0 Å². The number of methoxy groups -OCH3 is 2. The third-order valence-corrected chi connectivity index (χ3v) is 3.75. The van der Waals surface area contributed by atoms with E-state index in [2.05, 4.69) is 15.6 Å². The lowest BCUT2D eigenvalue weighted by Crippen LogP contribution is -2.38. The Hall–Kier alpha value is -2.69. The standard InChI is InChI=1S/C19H24N4O4.HI/c1-26-16-8-7-13(11-17(16)27-2)12-23-19(20)22-10-9-21-18(25)14-5-3-4-6-15(14)24;/h3-8,11,24H,9-10,12H2,1-2H3,(H,21,25)(H3,20,22,23);1H. The van der Waals surface area contributed by atoms with E-state index in [0.717, 1.165) is 5.56 Å². The fraction of sp³-hybridized carbons (Fsp3) is 0.263. The maximum Gasteiger partial charge on any atom is 0.255 e. The maximum absolute atomic E-state index is 12.0. The highest BCUT2D eigenvalue weighted by Crippen LogP contribution is 2.27. The molecular formula is C19H25IN4O4. The number of rotatable bonds is 8. The van der Waals surface area contributed by atoms with E-state index in [1.807, 2.05) is 18.2 Å². The van der Waals surface area contributed by atoms with Crippen molar-refractivity contribution in [2.24, 2.45) is 10.7 Å². The van der Waals surface area contributed by atoms with Crippen LogP contribution in [0.1, 0.15) is 15.9 Å². The second-order valence-electron chi connectivity index (χ2n) is 5.59. The molecule has 5 N–H and O–H groups in total. The number of benzene rings is 2. The second kappa shape index (κ2) is 11.9. The lowest BCUT2D eigenvalue weighted by molar-refractivity contribution is 0.0951. The molecule has 2 aromatic carbocycles. The molecule has 152 valence electrons. The molecule has 8 nitrogen and oxygen atoms in total. The lowest BCUT2D eigenvalue weighted by atomic mass is 10.2. The van der Waals surface area contributed by atoms with Gasteiger partial charge < -0.3 is 30.9 Å². The van der Waals surface area contributed by atoms with E-state index in [-0.39, 0.29) is 47.2 Å². The predicted molar refractivity (Wildman–Crippen MR) is 119 cm³/mol. The van der Waals surface area contributed by atoms with Crippen molar-refractivity contribution in [3.63, 3.8) is 0 Å². The summed E-state index contributed by atoms with van der Waals surface area (Å²) in [6, 6.07) is 11.9. The molecule has 0 unspecified atom stereocenters. The Bertz CT molecular complexity index is 814. The van der Waals surface area contributed by atoms with Gasteiger partial charge in [0.25, 0.3) is 5.91 Å². The van der Waals surface area contributed by atoms with Crippen LogP contribution in [0, 0.1) is 0 Å². The summed E-state index contributed by atoms with van der Waals surface area (Å²) in [5.41, 5.74) is 6.98. The molecule has 0 radical (unpaired) electrons. The third-order valence-electron chi connectivity index (χ3n) is 3.75. The maximum atomic E-state index is 12.0. The molecule has 0 saturated carbocycles. The van der Waals surface area contributed by atoms with Gasteiger partial charge in [-0.3, -0.25) is 4.79 Å². The lowest BCUT2D eigenvalue weighted by Gasteiger charge is -2.10. The number of nitrogens with two attached hydrogens (primary N) is 1. The molecule has 0 saturated heterocycles. The summed E-state index contributed by atoms with van der Waals surface area (Å²) in [5, 5.41) is 15.3. The van der Waals surface area contributed by atoms with Gasteiger partial charge in [-0.1, -0.05) is 18.2 Å². The number of carbonyl (C=O) groups is 1. The number of nitrogens with zero attached hydrogens (tertiary/aromatic N) is 1. The minimum atomic E-state index is -0.351. The fourth-order valence-electron chi connectivity index (χ4n) is 2.34. The molecule has 9 heteroatoms. The van der Waals surface area contributed by atoms with Crippen molar-refractivity contribution >= 4 is 35.8 Å². The monoisotopic (exact) mass is 500 g/mol. The first-order valence-corrected chi connectivity index (χ1v) is 8.36. The molecule has 0 bridgehead atoms. The number of hydrogen-bond acceptors (Lipinski definition) is 5. The van der Waals surface area contributed by atoms with Crippen LogP contribution in [0.4, 0.5) is 0 Å². The Kier molecular flexibility index (Phi) is 9.93. The Balaban J connectivity index is 0.00000392. The first-order valence-electron chi connectivity index (χ1n) is 8.36. The number of halogens is 1.